The number of likely N-dealkylation sites (tertiary alicyclic amines) is 1. The largest absolute Gasteiger partial charge is 0.451 e. The molecule has 2 aromatic rings. The lowest BCUT2D eigenvalue weighted by Crippen LogP contribution is -2.47. The van der Waals surface area contributed by atoms with Crippen molar-refractivity contribution in [1.29, 1.82) is 0 Å². The third kappa shape index (κ3) is 6.33. The molecule has 9 nitrogen and oxygen atoms in total. The van der Waals surface area contributed by atoms with Gasteiger partial charge in [0.15, 0.2) is 0 Å². The second-order valence-electron chi connectivity index (χ2n) is 8.39. The summed E-state index contributed by atoms with van der Waals surface area (Å²) in [7, 11) is 0. The van der Waals surface area contributed by atoms with Crippen molar-refractivity contribution in [2.45, 2.75) is 57.7 Å². The summed E-state index contributed by atoms with van der Waals surface area (Å²) in [5, 5.41) is 2.59. The number of alkyl halides is 4. The predicted octanol–water partition coefficient (Wildman–Crippen LogP) is 2.92. The molecule has 0 aliphatic carbocycles. The van der Waals surface area contributed by atoms with Crippen LogP contribution >= 0.6 is 0 Å². The molecular formula is C20H22F4N6O3. The Morgan fingerprint density at radius 3 is 2.42 bits per heavy atom. The van der Waals surface area contributed by atoms with Crippen LogP contribution in [0.2, 0.25) is 0 Å². The molecule has 1 aliphatic heterocycles. The first-order chi connectivity index (χ1) is 15.3. The lowest BCUT2D eigenvalue weighted by atomic mass is 10.2. The number of ether oxygens (including phenoxy) is 1. The maximum absolute atomic E-state index is 14.0. The number of hydrogen-bond donors (Lipinski definition) is 1. The van der Waals surface area contributed by atoms with Gasteiger partial charge >= 0.3 is 12.3 Å². The quantitative estimate of drug-likeness (QED) is 0.684. The standard InChI is InChI=1S/C20H22F4N6O3/c1-19(2,3)33-18(32)30-9-12(21)4-15(30)16(31)25-8-13-5-14(29-10-28-13)11-6-26-17(27-7-11)20(22,23)24/h5-7,10,12,15H,4,8-9H2,1-3H3,(H,25,31)/t12-,15+/m1/s1. The van der Waals surface area contributed by atoms with Crippen LogP contribution in [0.3, 0.4) is 0 Å². The molecule has 1 aliphatic rings. The van der Waals surface area contributed by atoms with Crippen LogP contribution in [0.25, 0.3) is 11.3 Å². The Hall–Kier alpha value is -3.38. The molecule has 0 bridgehead atoms. The maximum atomic E-state index is 14.0. The zero-order chi connectivity index (χ0) is 24.4. The molecule has 178 valence electrons. The number of hydrogen-bond acceptors (Lipinski definition) is 7. The fourth-order valence-electron chi connectivity index (χ4n) is 3.11. The number of halogens is 4. The lowest BCUT2D eigenvalue weighted by molar-refractivity contribution is -0.145. The summed E-state index contributed by atoms with van der Waals surface area (Å²) >= 11 is 0. The zero-order valence-corrected chi connectivity index (χ0v) is 18.1. The highest BCUT2D eigenvalue weighted by molar-refractivity contribution is 5.86. The first-order valence-electron chi connectivity index (χ1n) is 9.95. The van der Waals surface area contributed by atoms with Crippen LogP contribution in [-0.2, 0) is 22.3 Å². The molecule has 0 unspecified atom stereocenters. The van der Waals surface area contributed by atoms with Crippen molar-refractivity contribution in [2.24, 2.45) is 0 Å². The first-order valence-corrected chi connectivity index (χ1v) is 9.95. The van der Waals surface area contributed by atoms with Gasteiger partial charge in [-0.25, -0.2) is 29.1 Å². The normalized spacial score (nSPS) is 18.8. The highest BCUT2D eigenvalue weighted by Crippen LogP contribution is 2.27. The Morgan fingerprint density at radius 1 is 1.15 bits per heavy atom. The summed E-state index contributed by atoms with van der Waals surface area (Å²) in [6, 6.07) is 0.407. The molecule has 3 heterocycles. The van der Waals surface area contributed by atoms with Gasteiger partial charge in [0.05, 0.1) is 24.5 Å². The third-order valence-corrected chi connectivity index (χ3v) is 4.55. The number of carbonyl (C=O) groups is 2. The van der Waals surface area contributed by atoms with E-state index in [1.165, 1.54) is 12.4 Å². The van der Waals surface area contributed by atoms with E-state index in [0.717, 1.165) is 17.3 Å². The minimum absolute atomic E-state index is 0.0779. The minimum atomic E-state index is -4.66. The summed E-state index contributed by atoms with van der Waals surface area (Å²) in [5.74, 6) is -1.86. The molecule has 33 heavy (non-hydrogen) atoms. The van der Waals surface area contributed by atoms with Crippen molar-refractivity contribution in [1.82, 2.24) is 30.2 Å². The first kappa shape index (κ1) is 24.3. The summed E-state index contributed by atoms with van der Waals surface area (Å²) < 4.78 is 57.1. The van der Waals surface area contributed by atoms with E-state index in [2.05, 4.69) is 25.3 Å². The van der Waals surface area contributed by atoms with Gasteiger partial charge in [0, 0.05) is 24.4 Å². The van der Waals surface area contributed by atoms with E-state index in [1.54, 1.807) is 20.8 Å². The maximum Gasteiger partial charge on any atom is 0.451 e. The molecule has 0 aromatic carbocycles. The van der Waals surface area contributed by atoms with Crippen molar-refractivity contribution in [3.05, 3.63) is 36.3 Å². The van der Waals surface area contributed by atoms with E-state index in [9.17, 15) is 27.2 Å². The van der Waals surface area contributed by atoms with Crippen molar-refractivity contribution in [3.8, 4) is 11.3 Å². The Bertz CT molecular complexity index is 1010. The van der Waals surface area contributed by atoms with E-state index in [1.807, 2.05) is 0 Å². The topological polar surface area (TPSA) is 110 Å². The smallest absolute Gasteiger partial charge is 0.444 e. The zero-order valence-electron chi connectivity index (χ0n) is 18.1. The van der Waals surface area contributed by atoms with Crippen LogP contribution in [0, 0.1) is 0 Å². The van der Waals surface area contributed by atoms with E-state index in [4.69, 9.17) is 4.74 Å². The molecule has 1 N–H and O–H groups in total. The Labute approximate surface area is 186 Å². The van der Waals surface area contributed by atoms with E-state index in [-0.39, 0.29) is 30.8 Å². The van der Waals surface area contributed by atoms with Gasteiger partial charge in [0.25, 0.3) is 0 Å². The molecule has 0 spiro atoms. The van der Waals surface area contributed by atoms with Gasteiger partial charge in [-0.2, -0.15) is 13.2 Å². The van der Waals surface area contributed by atoms with Gasteiger partial charge in [-0.05, 0) is 26.8 Å². The molecule has 2 amide bonds. The molecule has 13 heteroatoms. The van der Waals surface area contributed by atoms with Gasteiger partial charge < -0.3 is 10.1 Å². The SMILES string of the molecule is CC(C)(C)OC(=O)N1C[C@H](F)C[C@H]1C(=O)NCc1cc(-c2cnc(C(F)(F)F)nc2)ncn1. The number of carbonyl (C=O) groups excluding carboxylic acids is 2. The second-order valence-corrected chi connectivity index (χ2v) is 8.39. The monoisotopic (exact) mass is 470 g/mol. The molecule has 2 atom stereocenters. The fraction of sp³-hybridized carbons (Fsp3) is 0.500. The number of nitrogens with one attached hydrogen (secondary N) is 1. The molecule has 1 fully saturated rings. The van der Waals surface area contributed by atoms with E-state index >= 15 is 0 Å². The van der Waals surface area contributed by atoms with Crippen LogP contribution in [0.15, 0.2) is 24.8 Å². The second kappa shape index (κ2) is 9.24. The van der Waals surface area contributed by atoms with Crippen LogP contribution in [0.5, 0.6) is 0 Å². The average molecular weight is 470 g/mol. The number of nitrogens with zero attached hydrogens (tertiary/aromatic N) is 5. The molecular weight excluding hydrogens is 448 g/mol. The van der Waals surface area contributed by atoms with Crippen LogP contribution in [0.4, 0.5) is 22.4 Å². The molecule has 3 rings (SSSR count). The van der Waals surface area contributed by atoms with Crippen LogP contribution < -0.4 is 5.32 Å². The van der Waals surface area contributed by atoms with E-state index < -0.39 is 41.8 Å². The number of aromatic nitrogens is 4. The fourth-order valence-corrected chi connectivity index (χ4v) is 3.11. The molecule has 0 radical (unpaired) electrons. The summed E-state index contributed by atoms with van der Waals surface area (Å²) in [6.07, 6.45) is -3.82. The summed E-state index contributed by atoms with van der Waals surface area (Å²) in [4.78, 5) is 40.6. The molecule has 1 saturated heterocycles. The van der Waals surface area contributed by atoms with Crippen LogP contribution in [0.1, 0.15) is 38.7 Å². The van der Waals surface area contributed by atoms with Crippen molar-refractivity contribution in [3.63, 3.8) is 0 Å². The Morgan fingerprint density at radius 2 is 1.82 bits per heavy atom. The van der Waals surface area contributed by atoms with Gasteiger partial charge in [0.2, 0.25) is 11.7 Å². The summed E-state index contributed by atoms with van der Waals surface area (Å²) in [5.41, 5.74) is 0.0198. The lowest BCUT2D eigenvalue weighted by Gasteiger charge is -2.27. The number of amides is 2. The number of rotatable bonds is 4. The third-order valence-electron chi connectivity index (χ3n) is 4.55. The molecule has 2 aromatic heterocycles. The minimum Gasteiger partial charge on any atom is -0.444 e. The van der Waals surface area contributed by atoms with E-state index in [0.29, 0.717) is 5.69 Å². The van der Waals surface area contributed by atoms with Gasteiger partial charge in [0.1, 0.15) is 24.1 Å². The van der Waals surface area contributed by atoms with Crippen LogP contribution in [-0.4, -0.2) is 61.2 Å². The highest BCUT2D eigenvalue weighted by Gasteiger charge is 2.41. The molecule has 0 saturated carbocycles. The highest BCUT2D eigenvalue weighted by atomic mass is 19.4. The average Bonchev–Trinajstić information content (AvgIpc) is 3.12. The van der Waals surface area contributed by atoms with Crippen molar-refractivity contribution < 1.29 is 31.9 Å². The predicted molar refractivity (Wildman–Crippen MR) is 106 cm³/mol. The summed E-state index contributed by atoms with van der Waals surface area (Å²) in [6.45, 7) is 4.66. The van der Waals surface area contributed by atoms with Gasteiger partial charge in [-0.15, -0.1) is 0 Å². The van der Waals surface area contributed by atoms with Crippen molar-refractivity contribution >= 4 is 12.0 Å². The van der Waals surface area contributed by atoms with Gasteiger partial charge in [-0.1, -0.05) is 0 Å². The Kier molecular flexibility index (Phi) is 6.79. The Balaban J connectivity index is 1.66. The van der Waals surface area contributed by atoms with Gasteiger partial charge in [-0.3, -0.25) is 9.69 Å². The van der Waals surface area contributed by atoms with Crippen molar-refractivity contribution in [2.75, 3.05) is 6.54 Å².